The van der Waals surface area contributed by atoms with E-state index in [0.717, 1.165) is 18.2 Å². The molecule has 0 aromatic heterocycles. The third-order valence-electron chi connectivity index (χ3n) is 2.15. The zero-order valence-electron chi connectivity index (χ0n) is 9.17. The number of hydrogen-bond donors (Lipinski definition) is 0. The van der Waals surface area contributed by atoms with Crippen LogP contribution in [0.1, 0.15) is 24.5 Å². The van der Waals surface area contributed by atoms with Gasteiger partial charge in [0.15, 0.2) is 9.84 Å². The maximum atomic E-state index is 13.6. The normalized spacial score (nSPS) is 11.7. The molecule has 0 radical (unpaired) electrons. The molecule has 1 rings (SSSR count). The molecular formula is C11H15FO2S. The van der Waals surface area contributed by atoms with Crippen LogP contribution in [0.4, 0.5) is 4.39 Å². The molecule has 1 aromatic carbocycles. The van der Waals surface area contributed by atoms with E-state index in [1.807, 2.05) is 6.92 Å². The van der Waals surface area contributed by atoms with Crippen LogP contribution in [0, 0.1) is 12.7 Å². The summed E-state index contributed by atoms with van der Waals surface area (Å²) in [7, 11) is -3.48. The molecule has 0 unspecified atom stereocenters. The fourth-order valence-electron chi connectivity index (χ4n) is 1.67. The second-order valence-electron chi connectivity index (χ2n) is 3.76. The largest absolute Gasteiger partial charge is 0.224 e. The van der Waals surface area contributed by atoms with E-state index in [2.05, 4.69) is 0 Å². The first kappa shape index (κ1) is 12.2. The third-order valence-corrected chi connectivity index (χ3v) is 3.35. The van der Waals surface area contributed by atoms with Gasteiger partial charge in [-0.2, -0.15) is 0 Å². The Bertz CT molecular complexity index is 464. The molecule has 0 heterocycles. The SMILES string of the molecule is CCCc1cc(C)cc(F)c1S(C)(=O)=O. The van der Waals surface area contributed by atoms with Gasteiger partial charge >= 0.3 is 0 Å². The van der Waals surface area contributed by atoms with Crippen LogP contribution in [0.15, 0.2) is 17.0 Å². The molecule has 1 aromatic rings. The predicted molar refractivity (Wildman–Crippen MR) is 58.2 cm³/mol. The van der Waals surface area contributed by atoms with Crippen molar-refractivity contribution in [3.8, 4) is 0 Å². The summed E-state index contributed by atoms with van der Waals surface area (Å²) in [5, 5.41) is 0. The summed E-state index contributed by atoms with van der Waals surface area (Å²) in [5.41, 5.74) is 1.33. The Kier molecular flexibility index (Phi) is 3.50. The average Bonchev–Trinajstić information content (AvgIpc) is 1.99. The average molecular weight is 230 g/mol. The van der Waals surface area contributed by atoms with Crippen LogP contribution in [0.3, 0.4) is 0 Å². The van der Waals surface area contributed by atoms with Gasteiger partial charge < -0.3 is 0 Å². The van der Waals surface area contributed by atoms with Crippen molar-refractivity contribution in [1.82, 2.24) is 0 Å². The van der Waals surface area contributed by atoms with Crippen LogP contribution < -0.4 is 0 Å². The monoisotopic (exact) mass is 230 g/mol. The zero-order chi connectivity index (χ0) is 11.6. The van der Waals surface area contributed by atoms with E-state index in [4.69, 9.17) is 0 Å². The molecule has 0 aliphatic rings. The molecule has 0 fully saturated rings. The van der Waals surface area contributed by atoms with E-state index in [0.29, 0.717) is 12.0 Å². The van der Waals surface area contributed by atoms with E-state index in [-0.39, 0.29) is 4.90 Å². The van der Waals surface area contributed by atoms with E-state index in [1.165, 1.54) is 6.07 Å². The molecule has 0 N–H and O–H groups in total. The van der Waals surface area contributed by atoms with Gasteiger partial charge in [-0.3, -0.25) is 0 Å². The summed E-state index contributed by atoms with van der Waals surface area (Å²) in [5.74, 6) is -0.638. The Hall–Kier alpha value is -0.900. The molecule has 0 amide bonds. The predicted octanol–water partition coefficient (Wildman–Crippen LogP) is 2.49. The van der Waals surface area contributed by atoms with Gasteiger partial charge in [0.2, 0.25) is 0 Å². The highest BCUT2D eigenvalue weighted by Crippen LogP contribution is 2.22. The van der Waals surface area contributed by atoms with E-state index in [1.54, 1.807) is 13.0 Å². The van der Waals surface area contributed by atoms with Gasteiger partial charge in [-0.25, -0.2) is 12.8 Å². The minimum atomic E-state index is -3.48. The second-order valence-corrected chi connectivity index (χ2v) is 5.71. The molecule has 0 aliphatic heterocycles. The topological polar surface area (TPSA) is 34.1 Å². The van der Waals surface area contributed by atoms with E-state index >= 15 is 0 Å². The van der Waals surface area contributed by atoms with Gasteiger partial charge in [0.05, 0.1) is 0 Å². The van der Waals surface area contributed by atoms with Crippen molar-refractivity contribution in [2.75, 3.05) is 6.26 Å². The van der Waals surface area contributed by atoms with Crippen molar-refractivity contribution < 1.29 is 12.8 Å². The zero-order valence-corrected chi connectivity index (χ0v) is 9.99. The summed E-state index contributed by atoms with van der Waals surface area (Å²) in [6, 6.07) is 3.00. The van der Waals surface area contributed by atoms with Gasteiger partial charge in [-0.05, 0) is 30.5 Å². The standard InChI is InChI=1S/C11H15FO2S/c1-4-5-9-6-8(2)7-10(12)11(9)15(3,13)14/h6-7H,4-5H2,1-3H3. The lowest BCUT2D eigenvalue weighted by molar-refractivity contribution is 0.565. The summed E-state index contributed by atoms with van der Waals surface area (Å²) in [6.07, 6.45) is 2.42. The summed E-state index contributed by atoms with van der Waals surface area (Å²) >= 11 is 0. The van der Waals surface area contributed by atoms with Crippen LogP contribution in [-0.4, -0.2) is 14.7 Å². The number of sulfone groups is 1. The first-order valence-electron chi connectivity index (χ1n) is 4.85. The lowest BCUT2D eigenvalue weighted by Crippen LogP contribution is -2.06. The highest BCUT2D eigenvalue weighted by Gasteiger charge is 2.18. The van der Waals surface area contributed by atoms with E-state index in [9.17, 15) is 12.8 Å². The van der Waals surface area contributed by atoms with Gasteiger partial charge in [0, 0.05) is 6.26 Å². The Morgan fingerprint density at radius 1 is 1.33 bits per heavy atom. The van der Waals surface area contributed by atoms with Crippen molar-refractivity contribution in [3.63, 3.8) is 0 Å². The Labute approximate surface area is 90.0 Å². The number of halogens is 1. The summed E-state index contributed by atoms with van der Waals surface area (Å²) < 4.78 is 36.4. The Morgan fingerprint density at radius 3 is 2.40 bits per heavy atom. The fraction of sp³-hybridized carbons (Fsp3) is 0.455. The fourth-order valence-corrected chi connectivity index (χ4v) is 2.72. The molecule has 15 heavy (non-hydrogen) atoms. The molecule has 0 spiro atoms. The molecule has 84 valence electrons. The van der Waals surface area contributed by atoms with Crippen molar-refractivity contribution in [2.45, 2.75) is 31.6 Å². The maximum Gasteiger partial charge on any atom is 0.178 e. The Morgan fingerprint density at radius 2 is 1.93 bits per heavy atom. The second kappa shape index (κ2) is 4.31. The third kappa shape index (κ3) is 2.78. The van der Waals surface area contributed by atoms with Crippen LogP contribution in [0.5, 0.6) is 0 Å². The van der Waals surface area contributed by atoms with Crippen molar-refractivity contribution in [2.24, 2.45) is 0 Å². The van der Waals surface area contributed by atoms with Gasteiger partial charge in [-0.15, -0.1) is 0 Å². The lowest BCUT2D eigenvalue weighted by Gasteiger charge is -2.09. The van der Waals surface area contributed by atoms with Crippen molar-refractivity contribution >= 4 is 9.84 Å². The molecule has 4 heteroatoms. The highest BCUT2D eigenvalue weighted by atomic mass is 32.2. The number of rotatable bonds is 3. The number of benzene rings is 1. The van der Waals surface area contributed by atoms with Crippen LogP contribution >= 0.6 is 0 Å². The maximum absolute atomic E-state index is 13.6. The minimum absolute atomic E-state index is 0.144. The highest BCUT2D eigenvalue weighted by molar-refractivity contribution is 7.90. The first-order chi connectivity index (χ1) is 6.86. The van der Waals surface area contributed by atoms with Gasteiger partial charge in [0.1, 0.15) is 10.7 Å². The molecule has 2 nitrogen and oxygen atoms in total. The van der Waals surface area contributed by atoms with Gasteiger partial charge in [0.25, 0.3) is 0 Å². The summed E-state index contributed by atoms with van der Waals surface area (Å²) in [4.78, 5) is -0.144. The first-order valence-corrected chi connectivity index (χ1v) is 6.74. The molecule has 0 aliphatic carbocycles. The molecule has 0 bridgehead atoms. The van der Waals surface area contributed by atoms with Crippen molar-refractivity contribution in [3.05, 3.63) is 29.1 Å². The van der Waals surface area contributed by atoms with Crippen LogP contribution in [0.2, 0.25) is 0 Å². The van der Waals surface area contributed by atoms with Crippen LogP contribution in [-0.2, 0) is 16.3 Å². The Balaban J connectivity index is 3.47. The minimum Gasteiger partial charge on any atom is -0.224 e. The smallest absolute Gasteiger partial charge is 0.178 e. The van der Waals surface area contributed by atoms with Crippen molar-refractivity contribution in [1.29, 1.82) is 0 Å². The molecule has 0 saturated heterocycles. The van der Waals surface area contributed by atoms with E-state index < -0.39 is 15.7 Å². The number of aryl methyl sites for hydroxylation is 2. The molecule has 0 saturated carbocycles. The molecular weight excluding hydrogens is 215 g/mol. The van der Waals surface area contributed by atoms with Gasteiger partial charge in [-0.1, -0.05) is 19.4 Å². The lowest BCUT2D eigenvalue weighted by atomic mass is 10.1. The number of hydrogen-bond acceptors (Lipinski definition) is 2. The summed E-state index contributed by atoms with van der Waals surface area (Å²) in [6.45, 7) is 3.70. The quantitative estimate of drug-likeness (QED) is 0.799. The van der Waals surface area contributed by atoms with Crippen LogP contribution in [0.25, 0.3) is 0 Å². The molecule has 0 atom stereocenters.